The van der Waals surface area contributed by atoms with Gasteiger partial charge >= 0.3 is 0 Å². The van der Waals surface area contributed by atoms with Crippen LogP contribution in [0, 0.1) is 0 Å². The summed E-state index contributed by atoms with van der Waals surface area (Å²) < 4.78 is 52.4. The number of aromatic nitrogens is 1. The van der Waals surface area contributed by atoms with Gasteiger partial charge in [0.15, 0.2) is 16.4 Å². The van der Waals surface area contributed by atoms with Crippen LogP contribution in [0.3, 0.4) is 0 Å². The minimum Gasteiger partial charge on any atom is -0.472 e. The topological polar surface area (TPSA) is 106 Å². The first kappa shape index (κ1) is 24.2. The summed E-state index contributed by atoms with van der Waals surface area (Å²) in [5.74, 6) is -1.15. The summed E-state index contributed by atoms with van der Waals surface area (Å²) in [7, 11) is -1.74. The predicted molar refractivity (Wildman–Crippen MR) is 110 cm³/mol. The van der Waals surface area contributed by atoms with Crippen LogP contribution in [0.1, 0.15) is 21.5 Å². The quantitative estimate of drug-likeness (QED) is 0.584. The first-order valence-electron chi connectivity index (χ1n) is 9.20. The lowest BCUT2D eigenvalue weighted by atomic mass is 10.1. The second-order valence-corrected chi connectivity index (χ2v) is 8.95. The zero-order chi connectivity index (χ0) is 23.0. The summed E-state index contributed by atoms with van der Waals surface area (Å²) in [5, 5.41) is 2.45. The summed E-state index contributed by atoms with van der Waals surface area (Å²) in [5.41, 5.74) is 1.40. The molecule has 0 saturated heterocycles. The van der Waals surface area contributed by atoms with E-state index in [1.54, 1.807) is 24.3 Å². The third kappa shape index (κ3) is 8.28. The molecule has 0 unspecified atom stereocenters. The molecule has 1 heterocycles. The largest absolute Gasteiger partial charge is 0.472 e. The number of alkyl halides is 2. The van der Waals surface area contributed by atoms with E-state index in [9.17, 15) is 26.8 Å². The molecule has 0 aliphatic rings. The van der Waals surface area contributed by atoms with Crippen molar-refractivity contribution in [2.75, 3.05) is 26.5 Å². The maximum atomic E-state index is 13.0. The lowest BCUT2D eigenvalue weighted by molar-refractivity contribution is -0.121. The number of hydrogen-bond acceptors (Lipinski definition) is 6. The first-order valence-corrected chi connectivity index (χ1v) is 11.3. The van der Waals surface area contributed by atoms with Crippen molar-refractivity contribution in [1.82, 2.24) is 15.2 Å². The standard InChI is InChI=1S/C20H23F2N3O5S/c1-23-18(26)11-25(10-14-3-5-15(6-4-14)13-31(2,28)29)20(27)16-7-8-24-19(9-16)30-12-17(21)22/h3-9,17H,10-13H2,1-2H3,(H,23,26). The van der Waals surface area contributed by atoms with Gasteiger partial charge in [0.2, 0.25) is 11.8 Å². The zero-order valence-electron chi connectivity index (χ0n) is 17.0. The Balaban J connectivity index is 2.21. The summed E-state index contributed by atoms with van der Waals surface area (Å²) in [6.07, 6.45) is -0.290. The van der Waals surface area contributed by atoms with E-state index in [0.717, 1.165) is 6.26 Å². The number of hydrogen-bond donors (Lipinski definition) is 1. The Labute approximate surface area is 179 Å². The number of sulfone groups is 1. The van der Waals surface area contributed by atoms with Gasteiger partial charge in [0.1, 0.15) is 6.54 Å². The van der Waals surface area contributed by atoms with Crippen LogP contribution in [0.25, 0.3) is 0 Å². The number of rotatable bonds is 10. The molecule has 1 aromatic carbocycles. The summed E-state index contributed by atoms with van der Waals surface area (Å²) in [6, 6.07) is 9.26. The number of amides is 2. The molecule has 0 aliphatic carbocycles. The Kier molecular flexibility index (Phi) is 8.43. The first-order chi connectivity index (χ1) is 14.6. The molecule has 0 atom stereocenters. The smallest absolute Gasteiger partial charge is 0.272 e. The molecule has 1 N–H and O–H groups in total. The van der Waals surface area contributed by atoms with Crippen molar-refractivity contribution >= 4 is 21.7 Å². The Bertz CT molecular complexity index is 1010. The van der Waals surface area contributed by atoms with Crippen LogP contribution in [0.15, 0.2) is 42.6 Å². The molecule has 0 aliphatic heterocycles. The summed E-state index contributed by atoms with van der Waals surface area (Å²) >= 11 is 0. The molecule has 168 valence electrons. The van der Waals surface area contributed by atoms with Crippen LogP contribution in [0.5, 0.6) is 5.88 Å². The second kappa shape index (κ2) is 10.8. The van der Waals surface area contributed by atoms with Gasteiger partial charge in [-0.05, 0) is 17.2 Å². The van der Waals surface area contributed by atoms with Gasteiger partial charge in [-0.3, -0.25) is 9.59 Å². The summed E-state index contributed by atoms with van der Waals surface area (Å²) in [4.78, 5) is 30.0. The Hall–Kier alpha value is -3.08. The number of nitrogens with zero attached hydrogens (tertiary/aromatic N) is 2. The van der Waals surface area contributed by atoms with Crippen LogP contribution >= 0.6 is 0 Å². The van der Waals surface area contributed by atoms with Gasteiger partial charge in [-0.2, -0.15) is 0 Å². The fourth-order valence-corrected chi connectivity index (χ4v) is 3.47. The fraction of sp³-hybridized carbons (Fsp3) is 0.350. The molecule has 0 radical (unpaired) electrons. The highest BCUT2D eigenvalue weighted by molar-refractivity contribution is 7.89. The molecule has 11 heteroatoms. The van der Waals surface area contributed by atoms with Crippen LogP contribution in [0.4, 0.5) is 8.78 Å². The number of likely N-dealkylation sites (N-methyl/N-ethyl adjacent to an activating group) is 1. The van der Waals surface area contributed by atoms with Crippen molar-refractivity contribution < 1.29 is 31.5 Å². The number of nitrogens with one attached hydrogen (secondary N) is 1. The molecule has 2 amide bonds. The highest BCUT2D eigenvalue weighted by Crippen LogP contribution is 2.16. The SMILES string of the molecule is CNC(=O)CN(Cc1ccc(CS(C)(=O)=O)cc1)C(=O)c1ccnc(OCC(F)F)c1. The molecule has 0 spiro atoms. The van der Waals surface area contributed by atoms with E-state index >= 15 is 0 Å². The second-order valence-electron chi connectivity index (χ2n) is 6.81. The van der Waals surface area contributed by atoms with Crippen LogP contribution < -0.4 is 10.1 Å². The normalized spacial score (nSPS) is 11.3. The maximum Gasteiger partial charge on any atom is 0.272 e. The van der Waals surface area contributed by atoms with Gasteiger partial charge in [-0.25, -0.2) is 22.2 Å². The lowest BCUT2D eigenvalue weighted by Crippen LogP contribution is -2.39. The van der Waals surface area contributed by atoms with Crippen molar-refractivity contribution in [3.05, 3.63) is 59.3 Å². The van der Waals surface area contributed by atoms with Crippen LogP contribution in [0.2, 0.25) is 0 Å². The Morgan fingerprint density at radius 1 is 1.16 bits per heavy atom. The van der Waals surface area contributed by atoms with Crippen molar-refractivity contribution in [3.8, 4) is 5.88 Å². The Morgan fingerprint density at radius 3 is 2.39 bits per heavy atom. The third-order valence-electron chi connectivity index (χ3n) is 4.06. The van der Waals surface area contributed by atoms with Gasteiger partial charge in [0.05, 0.1) is 5.75 Å². The van der Waals surface area contributed by atoms with Crippen molar-refractivity contribution in [3.63, 3.8) is 0 Å². The average Bonchev–Trinajstić information content (AvgIpc) is 2.71. The van der Waals surface area contributed by atoms with E-state index < -0.39 is 34.7 Å². The monoisotopic (exact) mass is 455 g/mol. The Morgan fingerprint density at radius 2 is 1.81 bits per heavy atom. The third-order valence-corrected chi connectivity index (χ3v) is 4.92. The average molecular weight is 455 g/mol. The van der Waals surface area contributed by atoms with Gasteiger partial charge < -0.3 is 15.0 Å². The van der Waals surface area contributed by atoms with Crippen molar-refractivity contribution in [2.45, 2.75) is 18.7 Å². The number of pyridine rings is 1. The molecule has 31 heavy (non-hydrogen) atoms. The van der Waals surface area contributed by atoms with E-state index in [0.29, 0.717) is 11.1 Å². The van der Waals surface area contributed by atoms with Gasteiger partial charge in [-0.15, -0.1) is 0 Å². The van der Waals surface area contributed by atoms with E-state index in [4.69, 9.17) is 4.74 Å². The fourth-order valence-electron chi connectivity index (χ4n) is 2.67. The number of halogens is 2. The number of ether oxygens (including phenoxy) is 1. The molecule has 0 bridgehead atoms. The highest BCUT2D eigenvalue weighted by Gasteiger charge is 2.20. The predicted octanol–water partition coefficient (Wildman–Crippen LogP) is 1.66. The molecule has 0 saturated carbocycles. The number of benzene rings is 1. The lowest BCUT2D eigenvalue weighted by Gasteiger charge is -2.22. The van der Waals surface area contributed by atoms with E-state index in [1.165, 1.54) is 30.3 Å². The van der Waals surface area contributed by atoms with Crippen molar-refractivity contribution in [2.24, 2.45) is 0 Å². The molecule has 2 rings (SSSR count). The molecule has 8 nitrogen and oxygen atoms in total. The number of carbonyl (C=O) groups is 2. The minimum absolute atomic E-state index is 0.0704. The molecule has 2 aromatic rings. The van der Waals surface area contributed by atoms with Gasteiger partial charge in [0.25, 0.3) is 12.3 Å². The van der Waals surface area contributed by atoms with E-state index in [1.807, 2.05) is 0 Å². The molecule has 1 aromatic heterocycles. The van der Waals surface area contributed by atoms with Gasteiger partial charge in [-0.1, -0.05) is 24.3 Å². The number of carbonyl (C=O) groups excluding carboxylic acids is 2. The van der Waals surface area contributed by atoms with Gasteiger partial charge in [0, 0.05) is 37.7 Å². The zero-order valence-corrected chi connectivity index (χ0v) is 17.9. The van der Waals surface area contributed by atoms with E-state index in [-0.39, 0.29) is 30.3 Å². The summed E-state index contributed by atoms with van der Waals surface area (Å²) in [6.45, 7) is -1.02. The highest BCUT2D eigenvalue weighted by atomic mass is 32.2. The molecule has 0 fully saturated rings. The maximum absolute atomic E-state index is 13.0. The van der Waals surface area contributed by atoms with Crippen molar-refractivity contribution in [1.29, 1.82) is 0 Å². The van der Waals surface area contributed by atoms with E-state index in [2.05, 4.69) is 10.3 Å². The minimum atomic E-state index is -3.18. The van der Waals surface area contributed by atoms with Crippen LogP contribution in [-0.4, -0.2) is 63.0 Å². The molecular formula is C20H23F2N3O5S. The van der Waals surface area contributed by atoms with Crippen LogP contribution in [-0.2, 0) is 26.9 Å². The molecular weight excluding hydrogens is 432 g/mol.